The van der Waals surface area contributed by atoms with Crippen LogP contribution < -0.4 is 15.0 Å². The Morgan fingerprint density at radius 2 is 1.81 bits per heavy atom. The van der Waals surface area contributed by atoms with Crippen molar-refractivity contribution in [3.05, 3.63) is 35.8 Å². The second kappa shape index (κ2) is 11.8. The molecule has 3 aromatic rings. The van der Waals surface area contributed by atoms with E-state index in [-0.39, 0.29) is 35.6 Å². The van der Waals surface area contributed by atoms with Crippen LogP contribution in [0.3, 0.4) is 0 Å². The van der Waals surface area contributed by atoms with Crippen molar-refractivity contribution >= 4 is 16.7 Å². The molecule has 6 rings (SSSR count). The number of unbranched alkanes of at least 4 members (excludes halogenated alkanes) is 2. The summed E-state index contributed by atoms with van der Waals surface area (Å²) in [7, 11) is 0. The van der Waals surface area contributed by atoms with Crippen molar-refractivity contribution in [2.24, 2.45) is 0 Å². The molecule has 2 aromatic heterocycles. The first-order valence-corrected chi connectivity index (χ1v) is 14.4. The number of alkyl halides is 4. The highest BCUT2D eigenvalue weighted by Gasteiger charge is 2.37. The Labute approximate surface area is 239 Å². The lowest BCUT2D eigenvalue weighted by Gasteiger charge is -2.34. The number of aromatic hydroxyl groups is 1. The molecule has 226 valence electrons. The lowest BCUT2D eigenvalue weighted by molar-refractivity contribution is -0.137. The molecular weight excluding hydrogens is 559 g/mol. The third-order valence-corrected chi connectivity index (χ3v) is 8.29. The van der Waals surface area contributed by atoms with Crippen LogP contribution in [0.1, 0.15) is 44.1 Å². The fraction of sp³-hybridized carbons (Fsp3) is 0.552. The summed E-state index contributed by atoms with van der Waals surface area (Å²) in [6, 6.07) is 2.89. The second-order valence-electron chi connectivity index (χ2n) is 11.4. The van der Waals surface area contributed by atoms with E-state index in [1.54, 1.807) is 0 Å². The maximum absolute atomic E-state index is 16.1. The Morgan fingerprint density at radius 1 is 1.02 bits per heavy atom. The number of nitrogens with zero attached hydrogens (tertiary/aromatic N) is 5. The summed E-state index contributed by atoms with van der Waals surface area (Å²) in [4.78, 5) is 17.1. The number of aromatic nitrogens is 3. The number of benzene rings is 1. The number of halogens is 5. The highest BCUT2D eigenvalue weighted by atomic mass is 19.4. The Hall–Kier alpha value is -3.32. The number of phenols is 1. The van der Waals surface area contributed by atoms with E-state index >= 15 is 4.39 Å². The molecule has 0 amide bonds. The molecule has 3 fully saturated rings. The molecule has 3 saturated heterocycles. The molecule has 3 atom stereocenters. The third kappa shape index (κ3) is 6.07. The minimum Gasteiger partial charge on any atom is -0.508 e. The summed E-state index contributed by atoms with van der Waals surface area (Å²) in [5.41, 5.74) is -2.47. The SMILES string of the molecule is Oc1ccc(C(F)(F)F)c(-c2ncc3c(N4CC5CCC(C4)N5)nc(OCCCCCN4CC[C@@H](F)C4)nc3c2F)c1. The second-order valence-corrected chi connectivity index (χ2v) is 11.4. The maximum atomic E-state index is 16.1. The normalized spacial score (nSPS) is 22.8. The van der Waals surface area contributed by atoms with Gasteiger partial charge in [0.2, 0.25) is 0 Å². The van der Waals surface area contributed by atoms with E-state index in [0.29, 0.717) is 44.4 Å². The monoisotopic (exact) mass is 592 g/mol. The Bertz CT molecular complexity index is 1430. The number of phenolic OH excluding ortho intramolecular Hbond substituents is 1. The summed E-state index contributed by atoms with van der Waals surface area (Å²) in [5.74, 6) is -1.07. The van der Waals surface area contributed by atoms with E-state index in [2.05, 4.69) is 25.2 Å². The molecule has 1 aromatic carbocycles. The van der Waals surface area contributed by atoms with Crippen molar-refractivity contribution in [1.29, 1.82) is 0 Å². The van der Waals surface area contributed by atoms with Gasteiger partial charge in [0.05, 0.1) is 17.6 Å². The number of hydrogen-bond donors (Lipinski definition) is 2. The van der Waals surface area contributed by atoms with Gasteiger partial charge in [-0.15, -0.1) is 0 Å². The van der Waals surface area contributed by atoms with E-state index in [9.17, 15) is 22.7 Å². The fourth-order valence-corrected chi connectivity index (χ4v) is 6.23. The minimum atomic E-state index is -4.79. The van der Waals surface area contributed by atoms with Crippen molar-refractivity contribution in [2.45, 2.75) is 63.0 Å². The molecule has 0 saturated carbocycles. The van der Waals surface area contributed by atoms with Gasteiger partial charge >= 0.3 is 12.2 Å². The van der Waals surface area contributed by atoms with Crippen LogP contribution in [0.2, 0.25) is 0 Å². The van der Waals surface area contributed by atoms with Gasteiger partial charge < -0.3 is 25.0 Å². The van der Waals surface area contributed by atoms with Gasteiger partial charge in [-0.05, 0) is 63.3 Å². The van der Waals surface area contributed by atoms with Gasteiger partial charge in [0.15, 0.2) is 5.82 Å². The van der Waals surface area contributed by atoms with Gasteiger partial charge in [-0.1, -0.05) is 0 Å². The molecule has 8 nitrogen and oxygen atoms in total. The van der Waals surface area contributed by atoms with Gasteiger partial charge in [0.1, 0.15) is 28.9 Å². The number of pyridine rings is 1. The molecule has 0 aliphatic carbocycles. The predicted octanol–water partition coefficient (Wildman–Crippen LogP) is 5.09. The largest absolute Gasteiger partial charge is 0.508 e. The Balaban J connectivity index is 1.28. The maximum Gasteiger partial charge on any atom is 0.417 e. The molecule has 0 spiro atoms. The van der Waals surface area contributed by atoms with Crippen LogP contribution >= 0.6 is 0 Å². The number of nitrogens with one attached hydrogen (secondary N) is 1. The minimum absolute atomic E-state index is 0.0637. The summed E-state index contributed by atoms with van der Waals surface area (Å²) in [6.07, 6.45) is 0.757. The smallest absolute Gasteiger partial charge is 0.417 e. The number of anilines is 1. The van der Waals surface area contributed by atoms with Crippen LogP contribution in [0.4, 0.5) is 27.8 Å². The van der Waals surface area contributed by atoms with Crippen molar-refractivity contribution in [1.82, 2.24) is 25.2 Å². The highest BCUT2D eigenvalue weighted by Crippen LogP contribution is 2.41. The summed E-state index contributed by atoms with van der Waals surface area (Å²) in [6.45, 7) is 3.60. The fourth-order valence-electron chi connectivity index (χ4n) is 6.23. The average molecular weight is 593 g/mol. The van der Waals surface area contributed by atoms with Crippen LogP contribution in [-0.2, 0) is 6.18 Å². The highest BCUT2D eigenvalue weighted by molar-refractivity contribution is 5.92. The quantitative estimate of drug-likeness (QED) is 0.263. The molecule has 5 heterocycles. The van der Waals surface area contributed by atoms with E-state index < -0.39 is 40.7 Å². The first kappa shape index (κ1) is 28.8. The van der Waals surface area contributed by atoms with Gasteiger partial charge in [-0.2, -0.15) is 23.1 Å². The number of rotatable bonds is 9. The van der Waals surface area contributed by atoms with Crippen LogP contribution in [-0.4, -0.2) is 82.5 Å². The molecule has 2 bridgehead atoms. The van der Waals surface area contributed by atoms with E-state index in [0.717, 1.165) is 50.9 Å². The van der Waals surface area contributed by atoms with Crippen LogP contribution in [0.25, 0.3) is 22.2 Å². The van der Waals surface area contributed by atoms with Crippen LogP contribution in [0.15, 0.2) is 24.4 Å². The van der Waals surface area contributed by atoms with E-state index in [1.807, 2.05) is 4.90 Å². The first-order valence-electron chi connectivity index (χ1n) is 14.4. The average Bonchev–Trinajstić information content (AvgIpc) is 3.52. The summed E-state index contributed by atoms with van der Waals surface area (Å²) < 4.78 is 76.7. The molecule has 3 aliphatic rings. The van der Waals surface area contributed by atoms with Crippen molar-refractivity contribution in [3.8, 4) is 23.0 Å². The van der Waals surface area contributed by atoms with Gasteiger partial charge in [0, 0.05) is 50.0 Å². The van der Waals surface area contributed by atoms with Crippen LogP contribution in [0, 0.1) is 5.82 Å². The number of fused-ring (bicyclic) bond motifs is 3. The lowest BCUT2D eigenvalue weighted by atomic mass is 10.0. The van der Waals surface area contributed by atoms with Crippen molar-refractivity contribution < 1.29 is 31.8 Å². The number of ether oxygens (including phenoxy) is 1. The molecule has 0 radical (unpaired) electrons. The molecule has 13 heteroatoms. The first-order chi connectivity index (χ1) is 20.2. The van der Waals surface area contributed by atoms with Crippen molar-refractivity contribution in [3.63, 3.8) is 0 Å². The number of likely N-dealkylation sites (tertiary alicyclic amines) is 1. The van der Waals surface area contributed by atoms with Gasteiger partial charge in [-0.25, -0.2) is 8.78 Å². The molecule has 2 unspecified atom stereocenters. The van der Waals surface area contributed by atoms with Crippen LogP contribution in [0.5, 0.6) is 11.8 Å². The van der Waals surface area contributed by atoms with Gasteiger partial charge in [0.25, 0.3) is 0 Å². The number of piperazine rings is 1. The zero-order chi connectivity index (χ0) is 29.4. The van der Waals surface area contributed by atoms with Gasteiger partial charge in [-0.3, -0.25) is 4.98 Å². The lowest BCUT2D eigenvalue weighted by Crippen LogP contribution is -2.51. The third-order valence-electron chi connectivity index (χ3n) is 8.29. The Morgan fingerprint density at radius 3 is 2.52 bits per heavy atom. The zero-order valence-corrected chi connectivity index (χ0v) is 23.0. The summed E-state index contributed by atoms with van der Waals surface area (Å²) in [5, 5.41) is 13.7. The molecular formula is C29H33F5N6O2. The topological polar surface area (TPSA) is 86.6 Å². The molecule has 42 heavy (non-hydrogen) atoms. The standard InChI is InChI=1S/C29H33F5N6O2/c30-17-8-10-39(14-17)9-2-1-3-11-42-28-37-26-22(27(38-28)40-15-18-4-5-19(16-40)36-18)13-35-25(24(26)31)21-12-20(41)6-7-23(21)29(32,33)34/h6-7,12-13,17-19,36,41H,1-5,8-11,14-16H2/t17-,18?,19?/m1/s1. The van der Waals surface area contributed by atoms with E-state index in [1.165, 1.54) is 6.20 Å². The molecule has 3 aliphatic heterocycles. The molecule has 2 N–H and O–H groups in total. The Kier molecular flexibility index (Phi) is 8.05. The van der Waals surface area contributed by atoms with E-state index in [4.69, 9.17) is 4.74 Å². The number of hydrogen-bond acceptors (Lipinski definition) is 8. The van der Waals surface area contributed by atoms with Crippen molar-refractivity contribution in [2.75, 3.05) is 44.2 Å². The summed E-state index contributed by atoms with van der Waals surface area (Å²) >= 11 is 0. The zero-order valence-electron chi connectivity index (χ0n) is 23.0. The predicted molar refractivity (Wildman–Crippen MR) is 147 cm³/mol.